The molecule has 0 unspecified atom stereocenters. The van der Waals surface area contributed by atoms with Crippen LogP contribution in [0.15, 0.2) is 30.6 Å². The summed E-state index contributed by atoms with van der Waals surface area (Å²) in [6.45, 7) is 6.31. The molecule has 3 aromatic rings. The van der Waals surface area contributed by atoms with E-state index < -0.39 is 0 Å². The van der Waals surface area contributed by atoms with Gasteiger partial charge in [0.15, 0.2) is 0 Å². The molecule has 0 radical (unpaired) electrons. The van der Waals surface area contributed by atoms with E-state index in [2.05, 4.69) is 20.3 Å². The van der Waals surface area contributed by atoms with Crippen molar-refractivity contribution < 1.29 is 14.3 Å². The quantitative estimate of drug-likeness (QED) is 0.741. The molecule has 0 aliphatic rings. The van der Waals surface area contributed by atoms with Crippen molar-refractivity contribution in [1.29, 1.82) is 0 Å². The molecule has 130 valence electrons. The van der Waals surface area contributed by atoms with Crippen LogP contribution in [0.3, 0.4) is 0 Å². The maximum Gasteiger partial charge on any atom is 0.319 e. The fraction of sp³-hybridized carbons (Fsp3) is 0.294. The van der Waals surface area contributed by atoms with E-state index in [1.807, 2.05) is 32.0 Å². The minimum Gasteiger partial charge on any atom is -0.476 e. The summed E-state index contributed by atoms with van der Waals surface area (Å²) in [4.78, 5) is 25.4. The molecule has 0 aromatic carbocycles. The summed E-state index contributed by atoms with van der Waals surface area (Å²) in [6.07, 6.45) is 3.27. The smallest absolute Gasteiger partial charge is 0.319 e. The number of pyridine rings is 1. The Kier molecular flexibility index (Phi) is 4.78. The van der Waals surface area contributed by atoms with Crippen molar-refractivity contribution in [1.82, 2.24) is 19.4 Å². The van der Waals surface area contributed by atoms with E-state index >= 15 is 0 Å². The van der Waals surface area contributed by atoms with Crippen LogP contribution in [0.1, 0.15) is 30.0 Å². The molecular weight excluding hydrogens is 322 g/mol. The number of aryl methyl sites for hydroxylation is 1. The second kappa shape index (κ2) is 7.16. The molecule has 3 rings (SSSR count). The van der Waals surface area contributed by atoms with Gasteiger partial charge < -0.3 is 14.8 Å². The first-order valence-electron chi connectivity index (χ1n) is 8.01. The summed E-state index contributed by atoms with van der Waals surface area (Å²) in [6, 6.07) is 5.76. The third-order valence-corrected chi connectivity index (χ3v) is 3.45. The first-order chi connectivity index (χ1) is 12.1. The van der Waals surface area contributed by atoms with E-state index in [9.17, 15) is 4.79 Å². The van der Waals surface area contributed by atoms with Crippen LogP contribution >= 0.6 is 0 Å². The van der Waals surface area contributed by atoms with Gasteiger partial charge in [-0.2, -0.15) is 4.98 Å². The summed E-state index contributed by atoms with van der Waals surface area (Å²) < 4.78 is 12.5. The first-order valence-corrected chi connectivity index (χ1v) is 8.01. The Hall–Kier alpha value is -3.16. The lowest BCUT2D eigenvalue weighted by atomic mass is 10.3. The van der Waals surface area contributed by atoms with Crippen molar-refractivity contribution in [3.8, 4) is 11.9 Å². The normalized spacial score (nSPS) is 10.7. The molecule has 0 spiro atoms. The van der Waals surface area contributed by atoms with Crippen LogP contribution in [0.4, 0.5) is 5.69 Å². The average molecular weight is 341 g/mol. The average Bonchev–Trinajstić information content (AvgIpc) is 2.93. The van der Waals surface area contributed by atoms with E-state index in [1.54, 1.807) is 17.5 Å². The number of ether oxygens (including phenoxy) is 2. The molecule has 1 amide bonds. The number of carbonyl (C=O) groups excluding carboxylic acids is 1. The third kappa shape index (κ3) is 3.37. The molecule has 3 aromatic heterocycles. The number of carbonyl (C=O) groups is 1. The minimum atomic E-state index is -0.315. The van der Waals surface area contributed by atoms with E-state index in [1.165, 1.54) is 6.20 Å². The fourth-order valence-electron chi connectivity index (χ4n) is 2.45. The van der Waals surface area contributed by atoms with Gasteiger partial charge in [0, 0.05) is 6.20 Å². The van der Waals surface area contributed by atoms with Crippen molar-refractivity contribution >= 4 is 17.2 Å². The highest BCUT2D eigenvalue weighted by molar-refractivity contribution is 6.05. The van der Waals surface area contributed by atoms with Crippen LogP contribution in [-0.4, -0.2) is 38.5 Å². The van der Waals surface area contributed by atoms with E-state index in [0.29, 0.717) is 35.9 Å². The topological polar surface area (TPSA) is 90.6 Å². The fourth-order valence-corrected chi connectivity index (χ4v) is 2.45. The number of aromatic nitrogens is 4. The molecule has 8 nitrogen and oxygen atoms in total. The maximum absolute atomic E-state index is 12.8. The Bertz CT molecular complexity index is 906. The lowest BCUT2D eigenvalue weighted by Gasteiger charge is -2.11. The Morgan fingerprint density at radius 3 is 2.76 bits per heavy atom. The monoisotopic (exact) mass is 341 g/mol. The second-order valence-corrected chi connectivity index (χ2v) is 5.17. The van der Waals surface area contributed by atoms with Crippen LogP contribution in [0, 0.1) is 6.92 Å². The number of rotatable bonds is 6. The number of nitrogens with one attached hydrogen (secondary N) is 1. The van der Waals surface area contributed by atoms with Gasteiger partial charge in [0.05, 0.1) is 25.1 Å². The summed E-state index contributed by atoms with van der Waals surface area (Å²) in [5.41, 5.74) is 2.17. The zero-order chi connectivity index (χ0) is 17.8. The van der Waals surface area contributed by atoms with Crippen molar-refractivity contribution in [2.24, 2.45) is 0 Å². The molecule has 0 saturated carbocycles. The van der Waals surface area contributed by atoms with Crippen molar-refractivity contribution in [2.75, 3.05) is 18.5 Å². The highest BCUT2D eigenvalue weighted by atomic mass is 16.5. The number of fused-ring (bicyclic) bond motifs is 1. The van der Waals surface area contributed by atoms with Gasteiger partial charge in [-0.05, 0) is 32.9 Å². The van der Waals surface area contributed by atoms with Gasteiger partial charge in [-0.25, -0.2) is 9.97 Å². The SMILES string of the molecule is CCOc1ncc(NC(=O)c2c(C)nc3ccccn23)c(OCC)n1. The molecule has 1 N–H and O–H groups in total. The molecular formula is C17H19N5O3. The number of amides is 1. The van der Waals surface area contributed by atoms with Crippen molar-refractivity contribution in [3.63, 3.8) is 0 Å². The first kappa shape index (κ1) is 16.7. The minimum absolute atomic E-state index is 0.204. The van der Waals surface area contributed by atoms with Gasteiger partial charge in [-0.15, -0.1) is 0 Å². The Morgan fingerprint density at radius 2 is 2.00 bits per heavy atom. The predicted octanol–water partition coefficient (Wildman–Crippen LogP) is 2.48. The molecule has 0 saturated heterocycles. The second-order valence-electron chi connectivity index (χ2n) is 5.17. The van der Waals surface area contributed by atoms with Gasteiger partial charge in [-0.3, -0.25) is 9.20 Å². The number of anilines is 1. The van der Waals surface area contributed by atoms with Crippen molar-refractivity contribution in [3.05, 3.63) is 42.0 Å². The van der Waals surface area contributed by atoms with Gasteiger partial charge in [0.2, 0.25) is 5.88 Å². The molecule has 0 fully saturated rings. The maximum atomic E-state index is 12.8. The largest absolute Gasteiger partial charge is 0.476 e. The number of hydrogen-bond donors (Lipinski definition) is 1. The summed E-state index contributed by atoms with van der Waals surface area (Å²) in [5.74, 6) is -0.0503. The van der Waals surface area contributed by atoms with Gasteiger partial charge in [0.1, 0.15) is 17.0 Å². The van der Waals surface area contributed by atoms with Gasteiger partial charge in [0.25, 0.3) is 5.91 Å². The van der Waals surface area contributed by atoms with Gasteiger partial charge >= 0.3 is 6.01 Å². The van der Waals surface area contributed by atoms with Gasteiger partial charge in [-0.1, -0.05) is 6.07 Å². The molecule has 3 heterocycles. The predicted molar refractivity (Wildman–Crippen MR) is 92.3 cm³/mol. The standard InChI is InChI=1S/C17H19N5O3/c1-4-24-16-12(10-18-17(21-16)25-5-2)20-15(23)14-11(3)19-13-8-6-7-9-22(13)14/h6-10H,4-5H2,1-3H3,(H,20,23). The Balaban J connectivity index is 1.93. The number of imidazole rings is 1. The van der Waals surface area contributed by atoms with Crippen LogP contribution < -0.4 is 14.8 Å². The Morgan fingerprint density at radius 1 is 1.20 bits per heavy atom. The summed E-state index contributed by atoms with van der Waals surface area (Å²) >= 11 is 0. The van der Waals surface area contributed by atoms with Crippen LogP contribution in [-0.2, 0) is 0 Å². The molecule has 0 aliphatic heterocycles. The number of nitrogens with zero attached hydrogens (tertiary/aromatic N) is 4. The molecule has 8 heteroatoms. The van der Waals surface area contributed by atoms with Crippen LogP contribution in [0.5, 0.6) is 11.9 Å². The van der Waals surface area contributed by atoms with Crippen molar-refractivity contribution in [2.45, 2.75) is 20.8 Å². The third-order valence-electron chi connectivity index (χ3n) is 3.45. The molecule has 0 atom stereocenters. The molecule has 0 aliphatic carbocycles. The molecule has 0 bridgehead atoms. The zero-order valence-electron chi connectivity index (χ0n) is 14.3. The summed E-state index contributed by atoms with van der Waals surface area (Å²) in [7, 11) is 0. The zero-order valence-corrected chi connectivity index (χ0v) is 14.3. The highest BCUT2D eigenvalue weighted by Gasteiger charge is 2.19. The van der Waals surface area contributed by atoms with Crippen LogP contribution in [0.2, 0.25) is 0 Å². The Labute approximate surface area is 144 Å². The number of hydrogen-bond acceptors (Lipinski definition) is 6. The summed E-state index contributed by atoms with van der Waals surface area (Å²) in [5, 5.41) is 2.79. The van der Waals surface area contributed by atoms with E-state index in [0.717, 1.165) is 0 Å². The van der Waals surface area contributed by atoms with Crippen LogP contribution in [0.25, 0.3) is 5.65 Å². The molecule has 25 heavy (non-hydrogen) atoms. The lowest BCUT2D eigenvalue weighted by molar-refractivity contribution is 0.102. The van der Waals surface area contributed by atoms with E-state index in [4.69, 9.17) is 9.47 Å². The highest BCUT2D eigenvalue weighted by Crippen LogP contribution is 2.24. The van der Waals surface area contributed by atoms with E-state index in [-0.39, 0.29) is 17.8 Å². The lowest BCUT2D eigenvalue weighted by Crippen LogP contribution is -2.17.